The lowest BCUT2D eigenvalue weighted by Crippen LogP contribution is -2.14. The molecule has 3 rings (SSSR count). The molecule has 10 heteroatoms. The normalized spacial score (nSPS) is 10.8. The highest BCUT2D eigenvalue weighted by Gasteiger charge is 2.25. The summed E-state index contributed by atoms with van der Waals surface area (Å²) in [6.07, 6.45) is 0. The topological polar surface area (TPSA) is 128 Å². The van der Waals surface area contributed by atoms with E-state index in [0.717, 1.165) is 33.5 Å². The number of thiazole rings is 1. The highest BCUT2D eigenvalue weighted by molar-refractivity contribution is 7.22. The van der Waals surface area contributed by atoms with Gasteiger partial charge in [0.1, 0.15) is 0 Å². The number of nitrogens with one attached hydrogen (secondary N) is 1. The molecule has 1 amide bonds. The van der Waals surface area contributed by atoms with Gasteiger partial charge >= 0.3 is 0 Å². The van der Waals surface area contributed by atoms with Crippen LogP contribution in [-0.2, 0) is 0 Å². The number of carbonyl (C=O) groups excluding carboxylic acids is 1. The Labute approximate surface area is 157 Å². The molecule has 0 saturated carbocycles. The Bertz CT molecular complexity index is 1120. The van der Waals surface area contributed by atoms with Gasteiger partial charge in [0.2, 0.25) is 0 Å². The van der Waals surface area contributed by atoms with Crippen molar-refractivity contribution in [2.75, 3.05) is 5.32 Å². The van der Waals surface area contributed by atoms with Gasteiger partial charge in [-0.25, -0.2) is 4.98 Å². The van der Waals surface area contributed by atoms with Crippen molar-refractivity contribution in [3.05, 3.63) is 66.7 Å². The number of aryl methyl sites for hydroxylation is 2. The molecule has 0 bridgehead atoms. The van der Waals surface area contributed by atoms with Crippen LogP contribution in [0.5, 0.6) is 0 Å². The van der Waals surface area contributed by atoms with E-state index in [4.69, 9.17) is 0 Å². The predicted molar refractivity (Wildman–Crippen MR) is 102 cm³/mol. The minimum absolute atomic E-state index is 0.0521. The predicted octanol–water partition coefficient (Wildman–Crippen LogP) is 4.29. The first kappa shape index (κ1) is 18.4. The Kier molecular flexibility index (Phi) is 4.58. The van der Waals surface area contributed by atoms with Crippen molar-refractivity contribution in [1.29, 1.82) is 0 Å². The number of nitro benzene ring substituents is 2. The zero-order chi connectivity index (χ0) is 19.9. The third kappa shape index (κ3) is 3.47. The fourth-order valence-corrected chi connectivity index (χ4v) is 3.84. The van der Waals surface area contributed by atoms with Crippen molar-refractivity contribution in [1.82, 2.24) is 4.98 Å². The number of benzene rings is 2. The Hall–Kier alpha value is -3.40. The number of fused-ring (bicyclic) bond motifs is 1. The van der Waals surface area contributed by atoms with Gasteiger partial charge in [0, 0.05) is 11.6 Å². The molecule has 1 N–H and O–H groups in total. The molecular formula is C17H14N4O5S. The molecule has 27 heavy (non-hydrogen) atoms. The number of non-ortho nitro benzene ring substituents is 1. The van der Waals surface area contributed by atoms with Crippen LogP contribution >= 0.6 is 11.3 Å². The van der Waals surface area contributed by atoms with E-state index < -0.39 is 27.1 Å². The maximum absolute atomic E-state index is 12.6. The Balaban J connectivity index is 2.02. The number of hydrogen-bond acceptors (Lipinski definition) is 7. The second-order valence-corrected chi connectivity index (χ2v) is 7.08. The zero-order valence-corrected chi connectivity index (χ0v) is 15.4. The second kappa shape index (κ2) is 6.72. The van der Waals surface area contributed by atoms with Crippen LogP contribution in [0.4, 0.5) is 16.5 Å². The molecule has 0 radical (unpaired) electrons. The average Bonchev–Trinajstić information content (AvgIpc) is 2.96. The van der Waals surface area contributed by atoms with Crippen molar-refractivity contribution in [3.8, 4) is 0 Å². The quantitative estimate of drug-likeness (QED) is 0.526. The zero-order valence-electron chi connectivity index (χ0n) is 14.6. The van der Waals surface area contributed by atoms with Crippen LogP contribution in [-0.4, -0.2) is 20.7 Å². The summed E-state index contributed by atoms with van der Waals surface area (Å²) in [7, 11) is 0. The molecule has 0 fully saturated rings. The van der Waals surface area contributed by atoms with Crippen LogP contribution in [0.25, 0.3) is 10.2 Å². The molecule has 3 aromatic rings. The third-order valence-electron chi connectivity index (χ3n) is 4.07. The number of rotatable bonds is 4. The summed E-state index contributed by atoms with van der Waals surface area (Å²) in [4.78, 5) is 37.7. The van der Waals surface area contributed by atoms with E-state index in [-0.39, 0.29) is 11.1 Å². The number of nitro groups is 2. The molecule has 1 heterocycles. The highest BCUT2D eigenvalue weighted by atomic mass is 32.1. The van der Waals surface area contributed by atoms with E-state index in [2.05, 4.69) is 10.3 Å². The largest absolute Gasteiger partial charge is 0.298 e. The molecule has 0 aliphatic carbocycles. The molecule has 1 aromatic heterocycles. The van der Waals surface area contributed by atoms with E-state index in [1.165, 1.54) is 18.3 Å². The molecule has 0 saturated heterocycles. The number of anilines is 1. The number of aromatic nitrogens is 1. The number of carbonyl (C=O) groups is 1. The first-order chi connectivity index (χ1) is 12.7. The Morgan fingerprint density at radius 1 is 1.07 bits per heavy atom. The summed E-state index contributed by atoms with van der Waals surface area (Å²) in [5.41, 5.74) is 1.69. The van der Waals surface area contributed by atoms with Gasteiger partial charge in [0.05, 0.1) is 31.7 Å². The van der Waals surface area contributed by atoms with E-state index in [0.29, 0.717) is 5.13 Å². The van der Waals surface area contributed by atoms with Gasteiger partial charge in [-0.1, -0.05) is 17.4 Å². The molecule has 138 valence electrons. The molecule has 0 unspecified atom stereocenters. The fourth-order valence-electron chi connectivity index (χ4n) is 2.80. The number of nitrogens with zero attached hydrogens (tertiary/aromatic N) is 3. The lowest BCUT2D eigenvalue weighted by molar-refractivity contribution is -0.394. The summed E-state index contributed by atoms with van der Waals surface area (Å²) < 4.78 is 0.893. The van der Waals surface area contributed by atoms with Gasteiger partial charge < -0.3 is 0 Å². The summed E-state index contributed by atoms with van der Waals surface area (Å²) in [5, 5.41) is 25.1. The van der Waals surface area contributed by atoms with E-state index >= 15 is 0 Å². The SMILES string of the molecule is Cc1cc(C)c2nc(NC(=O)c3cc([N+](=O)[O-])cc([N+](=O)[O-])c3C)sc2c1. The van der Waals surface area contributed by atoms with Crippen LogP contribution < -0.4 is 5.32 Å². The monoisotopic (exact) mass is 386 g/mol. The molecule has 2 aromatic carbocycles. The summed E-state index contributed by atoms with van der Waals surface area (Å²) in [6.45, 7) is 5.24. The van der Waals surface area contributed by atoms with Gasteiger partial charge in [-0.05, 0) is 38.0 Å². The van der Waals surface area contributed by atoms with E-state index in [9.17, 15) is 25.0 Å². The highest BCUT2D eigenvalue weighted by Crippen LogP contribution is 2.31. The molecule has 0 aliphatic heterocycles. The second-order valence-electron chi connectivity index (χ2n) is 6.05. The maximum Gasteiger partial charge on any atom is 0.279 e. The van der Waals surface area contributed by atoms with Gasteiger partial charge in [-0.2, -0.15) is 0 Å². The molecule has 9 nitrogen and oxygen atoms in total. The number of hydrogen-bond donors (Lipinski definition) is 1. The molecular weight excluding hydrogens is 372 g/mol. The van der Waals surface area contributed by atoms with E-state index in [1.54, 1.807) is 0 Å². The third-order valence-corrected chi connectivity index (χ3v) is 4.99. The molecule has 0 atom stereocenters. The van der Waals surface area contributed by atoms with Crippen molar-refractivity contribution in [2.45, 2.75) is 20.8 Å². The van der Waals surface area contributed by atoms with Crippen molar-refractivity contribution >= 4 is 44.0 Å². The van der Waals surface area contributed by atoms with Crippen molar-refractivity contribution < 1.29 is 14.6 Å². The first-order valence-electron chi connectivity index (χ1n) is 7.80. The van der Waals surface area contributed by atoms with Crippen molar-refractivity contribution in [2.24, 2.45) is 0 Å². The maximum atomic E-state index is 12.6. The van der Waals surface area contributed by atoms with Gasteiger partial charge in [-0.3, -0.25) is 30.3 Å². The van der Waals surface area contributed by atoms with Crippen LogP contribution in [0, 0.1) is 41.0 Å². The van der Waals surface area contributed by atoms with Gasteiger partial charge in [-0.15, -0.1) is 0 Å². The summed E-state index contributed by atoms with van der Waals surface area (Å²) in [5.74, 6) is -0.687. The minimum Gasteiger partial charge on any atom is -0.298 e. The lowest BCUT2D eigenvalue weighted by Gasteiger charge is -2.06. The summed E-state index contributed by atoms with van der Waals surface area (Å²) >= 11 is 1.26. The minimum atomic E-state index is -0.771. The standard InChI is InChI=1S/C17H14N4O5S/c1-8-4-9(2)15-14(5-8)27-17(18-15)19-16(22)12-6-11(20(23)24)7-13(10(12)3)21(25)26/h4-7H,1-3H3,(H,18,19,22). The first-order valence-corrected chi connectivity index (χ1v) is 8.61. The van der Waals surface area contributed by atoms with E-state index in [1.807, 2.05) is 26.0 Å². The smallest absolute Gasteiger partial charge is 0.279 e. The van der Waals surface area contributed by atoms with Crippen LogP contribution in [0.2, 0.25) is 0 Å². The number of amides is 1. The fraction of sp³-hybridized carbons (Fsp3) is 0.176. The Morgan fingerprint density at radius 2 is 1.78 bits per heavy atom. The van der Waals surface area contributed by atoms with Crippen LogP contribution in [0.15, 0.2) is 24.3 Å². The summed E-state index contributed by atoms with van der Waals surface area (Å²) in [6, 6.07) is 5.79. The molecule has 0 aliphatic rings. The van der Waals surface area contributed by atoms with Crippen LogP contribution in [0.1, 0.15) is 27.0 Å². The van der Waals surface area contributed by atoms with Gasteiger partial charge in [0.25, 0.3) is 17.3 Å². The lowest BCUT2D eigenvalue weighted by atomic mass is 10.0. The van der Waals surface area contributed by atoms with Crippen LogP contribution in [0.3, 0.4) is 0 Å². The van der Waals surface area contributed by atoms with Crippen molar-refractivity contribution in [3.63, 3.8) is 0 Å². The molecule has 0 spiro atoms. The Morgan fingerprint density at radius 3 is 2.41 bits per heavy atom. The van der Waals surface area contributed by atoms with Gasteiger partial charge in [0.15, 0.2) is 5.13 Å². The average molecular weight is 386 g/mol.